The molecule has 0 aromatic carbocycles. The van der Waals surface area contributed by atoms with Gasteiger partial charge in [-0.05, 0) is 25.9 Å². The molecular weight excluding hydrogens is 208 g/mol. The molecule has 4 atom stereocenters. The van der Waals surface area contributed by atoms with Crippen LogP contribution in [0.3, 0.4) is 0 Å². The predicted molar refractivity (Wildman–Crippen MR) is 60.0 cm³/mol. The fourth-order valence-electron chi connectivity index (χ4n) is 2.84. The van der Waals surface area contributed by atoms with Crippen molar-refractivity contribution < 1.29 is 14.9 Å². The highest BCUT2D eigenvalue weighted by atomic mass is 16.5. The van der Waals surface area contributed by atoms with Gasteiger partial charge in [-0.25, -0.2) is 0 Å². The quantitative estimate of drug-likeness (QED) is 0.575. The van der Waals surface area contributed by atoms with Gasteiger partial charge in [-0.3, -0.25) is 4.90 Å². The SMILES string of the molecule is NC[C@H]1O[C@@H](CO)[C@@H](O)[C@H]1N1CCCCC1. The highest BCUT2D eigenvalue weighted by molar-refractivity contribution is 4.97. The van der Waals surface area contributed by atoms with Crippen LogP contribution in [0, 0.1) is 0 Å². The molecule has 16 heavy (non-hydrogen) atoms. The lowest BCUT2D eigenvalue weighted by Crippen LogP contribution is -2.51. The Bertz CT molecular complexity index is 219. The fourth-order valence-corrected chi connectivity index (χ4v) is 2.84. The molecule has 0 bridgehead atoms. The van der Waals surface area contributed by atoms with Crippen LogP contribution in [0.4, 0.5) is 0 Å². The van der Waals surface area contributed by atoms with Gasteiger partial charge >= 0.3 is 0 Å². The summed E-state index contributed by atoms with van der Waals surface area (Å²) in [6.07, 6.45) is 2.37. The minimum atomic E-state index is -0.614. The van der Waals surface area contributed by atoms with E-state index >= 15 is 0 Å². The molecule has 0 aromatic rings. The van der Waals surface area contributed by atoms with Crippen molar-refractivity contribution in [2.75, 3.05) is 26.2 Å². The molecule has 94 valence electrons. The van der Waals surface area contributed by atoms with Crippen LogP contribution >= 0.6 is 0 Å². The van der Waals surface area contributed by atoms with Gasteiger partial charge in [0.05, 0.1) is 18.8 Å². The Kier molecular flexibility index (Phi) is 4.16. The fraction of sp³-hybridized carbons (Fsp3) is 1.00. The molecule has 4 N–H and O–H groups in total. The molecule has 0 saturated carbocycles. The topological polar surface area (TPSA) is 79.0 Å². The van der Waals surface area contributed by atoms with E-state index in [1.165, 1.54) is 19.3 Å². The number of hydrogen-bond acceptors (Lipinski definition) is 5. The largest absolute Gasteiger partial charge is 0.394 e. The highest BCUT2D eigenvalue weighted by Gasteiger charge is 2.45. The molecule has 5 heteroatoms. The van der Waals surface area contributed by atoms with Crippen molar-refractivity contribution >= 4 is 0 Å². The number of nitrogens with two attached hydrogens (primary N) is 1. The second kappa shape index (κ2) is 5.42. The molecule has 2 aliphatic rings. The van der Waals surface area contributed by atoms with Crippen LogP contribution in [0.1, 0.15) is 19.3 Å². The summed E-state index contributed by atoms with van der Waals surface area (Å²) in [6, 6.07) is -0.0394. The summed E-state index contributed by atoms with van der Waals surface area (Å²) in [5.41, 5.74) is 5.67. The van der Waals surface area contributed by atoms with E-state index in [0.29, 0.717) is 6.54 Å². The molecule has 0 aliphatic carbocycles. The molecule has 2 fully saturated rings. The van der Waals surface area contributed by atoms with Crippen LogP contribution in [0.2, 0.25) is 0 Å². The zero-order chi connectivity index (χ0) is 11.5. The van der Waals surface area contributed by atoms with Gasteiger partial charge in [0.15, 0.2) is 0 Å². The Balaban J connectivity index is 2.04. The molecule has 0 radical (unpaired) electrons. The van der Waals surface area contributed by atoms with Crippen molar-refractivity contribution in [3.63, 3.8) is 0 Å². The lowest BCUT2D eigenvalue weighted by Gasteiger charge is -2.35. The third-order valence-electron chi connectivity index (χ3n) is 3.69. The second-order valence-electron chi connectivity index (χ2n) is 4.71. The zero-order valence-corrected chi connectivity index (χ0v) is 9.59. The summed E-state index contributed by atoms with van der Waals surface area (Å²) in [7, 11) is 0. The average molecular weight is 230 g/mol. The van der Waals surface area contributed by atoms with Gasteiger partial charge in [-0.1, -0.05) is 6.42 Å². The van der Waals surface area contributed by atoms with Gasteiger partial charge in [0.1, 0.15) is 12.2 Å². The molecule has 2 saturated heterocycles. The molecule has 5 nitrogen and oxygen atoms in total. The zero-order valence-electron chi connectivity index (χ0n) is 9.59. The number of hydrogen-bond donors (Lipinski definition) is 3. The van der Waals surface area contributed by atoms with Crippen LogP contribution < -0.4 is 5.73 Å². The summed E-state index contributed by atoms with van der Waals surface area (Å²) in [4.78, 5) is 2.27. The van der Waals surface area contributed by atoms with Crippen LogP contribution in [-0.2, 0) is 4.74 Å². The molecule has 0 aromatic heterocycles. The molecule has 2 rings (SSSR count). The first-order chi connectivity index (χ1) is 7.77. The van der Waals surface area contributed by atoms with Crippen LogP contribution in [0.5, 0.6) is 0 Å². The maximum atomic E-state index is 10.1. The number of aliphatic hydroxyl groups excluding tert-OH is 2. The van der Waals surface area contributed by atoms with Crippen molar-refractivity contribution in [3.8, 4) is 0 Å². The summed E-state index contributed by atoms with van der Waals surface area (Å²) in [5.74, 6) is 0. The molecular formula is C11H22N2O3. The Morgan fingerprint density at radius 2 is 1.88 bits per heavy atom. The summed E-state index contributed by atoms with van der Waals surface area (Å²) in [6.45, 7) is 2.26. The number of ether oxygens (including phenoxy) is 1. The first kappa shape index (κ1) is 12.3. The van der Waals surface area contributed by atoms with E-state index in [0.717, 1.165) is 13.1 Å². The van der Waals surface area contributed by atoms with Crippen LogP contribution in [0.25, 0.3) is 0 Å². The Hall–Kier alpha value is -0.200. The van der Waals surface area contributed by atoms with Crippen LogP contribution in [0.15, 0.2) is 0 Å². The highest BCUT2D eigenvalue weighted by Crippen LogP contribution is 2.27. The summed E-state index contributed by atoms with van der Waals surface area (Å²) >= 11 is 0. The Morgan fingerprint density at radius 1 is 1.19 bits per heavy atom. The first-order valence-corrected chi connectivity index (χ1v) is 6.16. The third kappa shape index (κ3) is 2.24. The van der Waals surface area contributed by atoms with Gasteiger partial charge in [0, 0.05) is 6.54 Å². The average Bonchev–Trinajstić information content (AvgIpc) is 2.66. The number of likely N-dealkylation sites (tertiary alicyclic amines) is 1. The second-order valence-corrected chi connectivity index (χ2v) is 4.71. The van der Waals surface area contributed by atoms with Gasteiger partial charge in [-0.15, -0.1) is 0 Å². The molecule has 0 unspecified atom stereocenters. The van der Waals surface area contributed by atoms with E-state index in [9.17, 15) is 5.11 Å². The third-order valence-corrected chi connectivity index (χ3v) is 3.69. The van der Waals surface area contributed by atoms with Crippen molar-refractivity contribution in [1.82, 2.24) is 4.90 Å². The maximum Gasteiger partial charge on any atom is 0.109 e. The van der Waals surface area contributed by atoms with Gasteiger partial charge in [0.2, 0.25) is 0 Å². The minimum Gasteiger partial charge on any atom is -0.394 e. The van der Waals surface area contributed by atoms with Crippen molar-refractivity contribution in [1.29, 1.82) is 0 Å². The number of piperidine rings is 1. The van der Waals surface area contributed by atoms with Gasteiger partial charge < -0.3 is 20.7 Å². The van der Waals surface area contributed by atoms with Crippen LogP contribution in [-0.4, -0.2) is 65.7 Å². The number of aliphatic hydroxyl groups is 2. The predicted octanol–water partition coefficient (Wildman–Crippen LogP) is -1.08. The van der Waals surface area contributed by atoms with E-state index in [1.807, 2.05) is 0 Å². The molecule has 2 heterocycles. The number of nitrogens with zero attached hydrogens (tertiary/aromatic N) is 1. The lowest BCUT2D eigenvalue weighted by atomic mass is 9.99. The molecule has 0 amide bonds. The first-order valence-electron chi connectivity index (χ1n) is 6.16. The van der Waals surface area contributed by atoms with Crippen molar-refractivity contribution in [2.24, 2.45) is 5.73 Å². The van der Waals surface area contributed by atoms with Gasteiger partial charge in [0.25, 0.3) is 0 Å². The Morgan fingerprint density at radius 3 is 2.44 bits per heavy atom. The molecule has 2 aliphatic heterocycles. The smallest absolute Gasteiger partial charge is 0.109 e. The standard InChI is InChI=1S/C11H22N2O3/c12-6-8-10(11(15)9(7-14)16-8)13-4-2-1-3-5-13/h8-11,14-15H,1-7,12H2/t8-,9+,10+,11-/m1/s1. The normalized spacial score (nSPS) is 41.4. The lowest BCUT2D eigenvalue weighted by molar-refractivity contribution is -0.0193. The van der Waals surface area contributed by atoms with E-state index in [-0.39, 0.29) is 18.8 Å². The van der Waals surface area contributed by atoms with E-state index < -0.39 is 12.2 Å². The van der Waals surface area contributed by atoms with Crippen molar-refractivity contribution in [2.45, 2.75) is 43.6 Å². The summed E-state index contributed by atoms with van der Waals surface area (Å²) in [5, 5.41) is 19.2. The number of rotatable bonds is 3. The molecule has 0 spiro atoms. The van der Waals surface area contributed by atoms with E-state index in [4.69, 9.17) is 15.6 Å². The maximum absolute atomic E-state index is 10.1. The summed E-state index contributed by atoms with van der Waals surface area (Å²) < 4.78 is 5.57. The monoisotopic (exact) mass is 230 g/mol. The Labute approximate surface area is 96.2 Å². The van der Waals surface area contributed by atoms with Gasteiger partial charge in [-0.2, -0.15) is 0 Å². The van der Waals surface area contributed by atoms with E-state index in [1.54, 1.807) is 0 Å². The van der Waals surface area contributed by atoms with Crippen molar-refractivity contribution in [3.05, 3.63) is 0 Å². The minimum absolute atomic E-state index is 0.0394. The van der Waals surface area contributed by atoms with E-state index in [2.05, 4.69) is 4.90 Å².